The molecule has 1 aromatic heterocycles. The molecule has 1 aliphatic heterocycles. The second-order valence-electron chi connectivity index (χ2n) is 9.58. The number of amides is 2. The third kappa shape index (κ3) is 6.84. The first-order valence-electron chi connectivity index (χ1n) is 12.8. The Morgan fingerprint density at radius 1 is 1.23 bits per heavy atom. The minimum Gasteiger partial charge on any atom is -0.495 e. The summed E-state index contributed by atoms with van der Waals surface area (Å²) in [5.41, 5.74) is 1.96. The Morgan fingerprint density at radius 2 is 2.02 bits per heavy atom. The summed E-state index contributed by atoms with van der Waals surface area (Å²) in [6.07, 6.45) is -2.62. The molecular weight excluding hydrogens is 525 g/mol. The van der Waals surface area contributed by atoms with Crippen LogP contribution in [0.15, 0.2) is 36.7 Å². The fourth-order valence-electron chi connectivity index (χ4n) is 4.61. The maximum Gasteiger partial charge on any atom is 0.406 e. The molecule has 1 fully saturated rings. The van der Waals surface area contributed by atoms with E-state index in [1.54, 1.807) is 24.3 Å². The number of alkyl halides is 3. The SMILES string of the molecule is CNC(=O)c1ccc(NCC#Cc2cc(C(=O)N[C@@H]3CCNC[C@H]3C)c3ncn(CC(F)(F)F)c3c2)c(OC)c1. The zero-order valence-electron chi connectivity index (χ0n) is 22.4. The lowest BCUT2D eigenvalue weighted by Gasteiger charge is -2.30. The van der Waals surface area contributed by atoms with Gasteiger partial charge in [0.1, 0.15) is 17.8 Å². The second kappa shape index (κ2) is 12.3. The predicted octanol–water partition coefficient (Wildman–Crippen LogP) is 3.16. The van der Waals surface area contributed by atoms with E-state index in [9.17, 15) is 22.8 Å². The van der Waals surface area contributed by atoms with Gasteiger partial charge in [0.05, 0.1) is 36.7 Å². The second-order valence-corrected chi connectivity index (χ2v) is 9.58. The van der Waals surface area contributed by atoms with Crippen LogP contribution >= 0.6 is 0 Å². The van der Waals surface area contributed by atoms with Gasteiger partial charge < -0.3 is 30.6 Å². The molecule has 4 N–H and O–H groups in total. The number of ether oxygens (including phenoxy) is 1. The van der Waals surface area contributed by atoms with Gasteiger partial charge >= 0.3 is 6.18 Å². The Labute approximate surface area is 229 Å². The first-order chi connectivity index (χ1) is 19.1. The van der Waals surface area contributed by atoms with Crippen molar-refractivity contribution in [3.05, 3.63) is 53.3 Å². The molecule has 0 radical (unpaired) electrons. The number of carbonyl (C=O) groups is 2. The van der Waals surface area contributed by atoms with Crippen molar-refractivity contribution in [2.24, 2.45) is 5.92 Å². The lowest BCUT2D eigenvalue weighted by atomic mass is 9.95. The average Bonchev–Trinajstić information content (AvgIpc) is 3.32. The Bertz CT molecular complexity index is 1460. The van der Waals surface area contributed by atoms with Crippen molar-refractivity contribution >= 4 is 28.5 Å². The van der Waals surface area contributed by atoms with Crippen molar-refractivity contribution in [2.75, 3.05) is 39.1 Å². The zero-order chi connectivity index (χ0) is 28.9. The molecule has 2 aromatic carbocycles. The number of hydrogen-bond acceptors (Lipinski definition) is 6. The molecule has 0 aliphatic carbocycles. The largest absolute Gasteiger partial charge is 0.495 e. The van der Waals surface area contributed by atoms with Gasteiger partial charge in [-0.2, -0.15) is 13.2 Å². The lowest BCUT2D eigenvalue weighted by molar-refractivity contribution is -0.139. The molecule has 2 amide bonds. The van der Waals surface area contributed by atoms with E-state index in [-0.39, 0.29) is 41.0 Å². The van der Waals surface area contributed by atoms with Crippen LogP contribution < -0.4 is 26.0 Å². The van der Waals surface area contributed by atoms with Gasteiger partial charge in [0.15, 0.2) is 0 Å². The molecule has 212 valence electrons. The first kappa shape index (κ1) is 28.8. The van der Waals surface area contributed by atoms with E-state index in [2.05, 4.69) is 38.1 Å². The third-order valence-electron chi connectivity index (χ3n) is 6.71. The Balaban J connectivity index is 1.60. The van der Waals surface area contributed by atoms with Crippen molar-refractivity contribution in [3.8, 4) is 17.6 Å². The van der Waals surface area contributed by atoms with Gasteiger partial charge in [-0.3, -0.25) is 9.59 Å². The number of imidazole rings is 1. The Kier molecular flexibility index (Phi) is 8.84. The number of hydrogen-bond donors (Lipinski definition) is 4. The van der Waals surface area contributed by atoms with E-state index in [0.29, 0.717) is 22.6 Å². The molecule has 2 heterocycles. The Hall–Kier alpha value is -4.24. The molecule has 1 aliphatic rings. The highest BCUT2D eigenvalue weighted by Crippen LogP contribution is 2.26. The minimum atomic E-state index is -4.46. The number of nitrogens with zero attached hydrogens (tertiary/aromatic N) is 2. The van der Waals surface area contributed by atoms with Crippen LogP contribution in [-0.4, -0.2) is 67.4 Å². The van der Waals surface area contributed by atoms with Gasteiger partial charge in [0, 0.05) is 24.2 Å². The summed E-state index contributed by atoms with van der Waals surface area (Å²) in [7, 11) is 3.02. The number of piperidine rings is 1. The van der Waals surface area contributed by atoms with Gasteiger partial charge in [0.2, 0.25) is 0 Å². The van der Waals surface area contributed by atoms with Crippen LogP contribution in [0.5, 0.6) is 5.75 Å². The number of aromatic nitrogens is 2. The fraction of sp³-hybridized carbons (Fsp3) is 0.393. The molecule has 12 heteroatoms. The van der Waals surface area contributed by atoms with Crippen LogP contribution in [0.2, 0.25) is 0 Å². The molecule has 0 bridgehead atoms. The van der Waals surface area contributed by atoms with E-state index >= 15 is 0 Å². The van der Waals surface area contributed by atoms with E-state index in [0.717, 1.165) is 30.4 Å². The van der Waals surface area contributed by atoms with Crippen molar-refractivity contribution in [3.63, 3.8) is 0 Å². The molecule has 9 nitrogen and oxygen atoms in total. The van der Waals surface area contributed by atoms with Crippen LogP contribution in [0.3, 0.4) is 0 Å². The number of rotatable bonds is 7. The summed E-state index contributed by atoms with van der Waals surface area (Å²) in [5, 5.41) is 12.0. The standard InChI is InChI=1S/C28H31F3N6O3/c1-17-14-33-10-8-21(17)36-27(39)20-11-18(12-23-25(20)35-16-37(23)15-28(29,30)31)5-4-9-34-22-7-6-19(26(38)32-2)13-24(22)40-3/h6-7,11-13,16-17,21,33-34H,8-10,14-15H2,1-3H3,(H,32,38)(H,36,39)/t17-,21-/m1/s1. The van der Waals surface area contributed by atoms with E-state index in [1.165, 1.54) is 20.2 Å². The quantitative estimate of drug-likeness (QED) is 0.333. The summed E-state index contributed by atoms with van der Waals surface area (Å²) in [6, 6.07) is 7.92. The molecule has 1 saturated heterocycles. The third-order valence-corrected chi connectivity index (χ3v) is 6.71. The summed E-state index contributed by atoms with van der Waals surface area (Å²) in [6.45, 7) is 2.49. The zero-order valence-corrected chi connectivity index (χ0v) is 22.4. The van der Waals surface area contributed by atoms with E-state index in [1.807, 2.05) is 6.92 Å². The molecule has 0 spiro atoms. The van der Waals surface area contributed by atoms with E-state index < -0.39 is 18.6 Å². The van der Waals surface area contributed by atoms with Crippen LogP contribution in [-0.2, 0) is 6.54 Å². The first-order valence-corrected chi connectivity index (χ1v) is 12.8. The summed E-state index contributed by atoms with van der Waals surface area (Å²) in [5.74, 6) is 5.88. The summed E-state index contributed by atoms with van der Waals surface area (Å²) >= 11 is 0. The number of anilines is 1. The van der Waals surface area contributed by atoms with Crippen molar-refractivity contribution in [2.45, 2.75) is 32.1 Å². The normalized spacial score (nSPS) is 17.1. The van der Waals surface area contributed by atoms with Crippen LogP contribution in [0, 0.1) is 17.8 Å². The number of carbonyl (C=O) groups excluding carboxylic acids is 2. The van der Waals surface area contributed by atoms with Gasteiger partial charge in [-0.05, 0) is 55.8 Å². The number of benzene rings is 2. The predicted molar refractivity (Wildman–Crippen MR) is 145 cm³/mol. The fourth-order valence-corrected chi connectivity index (χ4v) is 4.61. The van der Waals surface area contributed by atoms with Gasteiger partial charge in [-0.1, -0.05) is 18.8 Å². The molecule has 3 aromatic rings. The molecule has 0 saturated carbocycles. The Morgan fingerprint density at radius 3 is 2.73 bits per heavy atom. The van der Waals surface area contributed by atoms with Crippen molar-refractivity contribution in [1.29, 1.82) is 0 Å². The molecule has 2 atom stereocenters. The maximum atomic E-state index is 13.3. The highest BCUT2D eigenvalue weighted by atomic mass is 19.4. The van der Waals surface area contributed by atoms with Gasteiger partial charge in [0.25, 0.3) is 11.8 Å². The smallest absolute Gasteiger partial charge is 0.406 e. The van der Waals surface area contributed by atoms with Crippen molar-refractivity contribution in [1.82, 2.24) is 25.5 Å². The summed E-state index contributed by atoms with van der Waals surface area (Å²) in [4.78, 5) is 29.3. The number of nitrogens with one attached hydrogen (secondary N) is 4. The van der Waals surface area contributed by atoms with Crippen LogP contribution in [0.25, 0.3) is 11.0 Å². The monoisotopic (exact) mass is 556 g/mol. The summed E-state index contributed by atoms with van der Waals surface area (Å²) < 4.78 is 46.0. The van der Waals surface area contributed by atoms with Crippen LogP contribution in [0.4, 0.5) is 18.9 Å². The highest BCUT2D eigenvalue weighted by Gasteiger charge is 2.30. The minimum absolute atomic E-state index is 0.0650. The maximum absolute atomic E-state index is 13.3. The van der Waals surface area contributed by atoms with Crippen molar-refractivity contribution < 1.29 is 27.5 Å². The molecule has 0 unspecified atom stereocenters. The highest BCUT2D eigenvalue weighted by molar-refractivity contribution is 6.05. The van der Waals surface area contributed by atoms with Gasteiger partial charge in [-0.25, -0.2) is 4.98 Å². The lowest BCUT2D eigenvalue weighted by Crippen LogP contribution is -2.48. The number of fused-ring (bicyclic) bond motifs is 1. The molecule has 40 heavy (non-hydrogen) atoms. The van der Waals surface area contributed by atoms with E-state index in [4.69, 9.17) is 4.74 Å². The number of methoxy groups -OCH3 is 1. The molecular formula is C28H31F3N6O3. The topological polar surface area (TPSA) is 109 Å². The van der Waals surface area contributed by atoms with Gasteiger partial charge in [-0.15, -0.1) is 0 Å². The van der Waals surface area contributed by atoms with Crippen LogP contribution in [0.1, 0.15) is 39.6 Å². The molecule has 4 rings (SSSR count). The number of halogens is 3. The average molecular weight is 557 g/mol.